The number of hydrogen-bond donors (Lipinski definition) is 2. The SMILES string of the molecule is O=C(Nc1cccnc1)C(=O)Nc1cccnc1Cl. The molecule has 0 saturated carbocycles. The number of amides is 2. The van der Waals surface area contributed by atoms with Gasteiger partial charge in [0.1, 0.15) is 0 Å². The molecule has 0 bridgehead atoms. The maximum absolute atomic E-state index is 11.6. The molecule has 0 fully saturated rings. The van der Waals surface area contributed by atoms with Gasteiger partial charge < -0.3 is 10.6 Å². The second-order valence-electron chi connectivity index (χ2n) is 3.49. The zero-order valence-corrected chi connectivity index (χ0v) is 10.4. The Morgan fingerprint density at radius 3 is 2.47 bits per heavy atom. The average molecular weight is 277 g/mol. The van der Waals surface area contributed by atoms with Crippen molar-refractivity contribution in [3.63, 3.8) is 0 Å². The van der Waals surface area contributed by atoms with Gasteiger partial charge in [-0.3, -0.25) is 14.6 Å². The third kappa shape index (κ3) is 3.49. The summed E-state index contributed by atoms with van der Waals surface area (Å²) >= 11 is 5.77. The van der Waals surface area contributed by atoms with E-state index in [1.54, 1.807) is 30.5 Å². The minimum absolute atomic E-state index is 0.116. The molecule has 2 aromatic heterocycles. The van der Waals surface area contributed by atoms with Gasteiger partial charge in [0, 0.05) is 12.4 Å². The van der Waals surface area contributed by atoms with Crippen LogP contribution in [0.2, 0.25) is 5.15 Å². The molecule has 0 radical (unpaired) electrons. The van der Waals surface area contributed by atoms with E-state index >= 15 is 0 Å². The second kappa shape index (κ2) is 5.92. The van der Waals surface area contributed by atoms with Gasteiger partial charge in [-0.2, -0.15) is 0 Å². The van der Waals surface area contributed by atoms with Crippen molar-refractivity contribution < 1.29 is 9.59 Å². The highest BCUT2D eigenvalue weighted by Crippen LogP contribution is 2.17. The summed E-state index contributed by atoms with van der Waals surface area (Å²) in [6.07, 6.45) is 4.47. The van der Waals surface area contributed by atoms with E-state index in [4.69, 9.17) is 11.6 Å². The van der Waals surface area contributed by atoms with Crippen LogP contribution < -0.4 is 10.6 Å². The van der Waals surface area contributed by atoms with Gasteiger partial charge in [-0.1, -0.05) is 11.6 Å². The number of carbonyl (C=O) groups is 2. The standard InChI is InChI=1S/C12H9ClN4O2/c13-10-9(4-2-6-15-10)17-12(19)11(18)16-8-3-1-5-14-7-8/h1-7H,(H,16,18)(H,17,19). The van der Waals surface area contributed by atoms with E-state index in [1.165, 1.54) is 12.4 Å². The summed E-state index contributed by atoms with van der Waals surface area (Å²) in [7, 11) is 0. The quantitative estimate of drug-likeness (QED) is 0.646. The minimum Gasteiger partial charge on any atom is -0.316 e. The lowest BCUT2D eigenvalue weighted by Crippen LogP contribution is -2.29. The van der Waals surface area contributed by atoms with Crippen LogP contribution in [-0.2, 0) is 9.59 Å². The van der Waals surface area contributed by atoms with Crippen molar-refractivity contribution in [1.82, 2.24) is 9.97 Å². The highest BCUT2D eigenvalue weighted by molar-refractivity contribution is 6.44. The molecule has 2 aromatic rings. The predicted octanol–water partition coefficient (Wildman–Crippen LogP) is 1.71. The van der Waals surface area contributed by atoms with E-state index in [9.17, 15) is 9.59 Å². The fraction of sp³-hybridized carbons (Fsp3) is 0. The van der Waals surface area contributed by atoms with Crippen LogP contribution in [0.25, 0.3) is 0 Å². The number of rotatable bonds is 2. The molecule has 0 saturated heterocycles. The molecular weight excluding hydrogens is 268 g/mol. The maximum Gasteiger partial charge on any atom is 0.314 e. The van der Waals surface area contributed by atoms with Crippen molar-refractivity contribution in [2.24, 2.45) is 0 Å². The van der Waals surface area contributed by atoms with Crippen molar-refractivity contribution in [2.45, 2.75) is 0 Å². The first-order chi connectivity index (χ1) is 9.16. The normalized spacial score (nSPS) is 9.74. The van der Waals surface area contributed by atoms with E-state index < -0.39 is 11.8 Å². The Morgan fingerprint density at radius 2 is 1.79 bits per heavy atom. The number of nitrogens with zero attached hydrogens (tertiary/aromatic N) is 2. The first-order valence-electron chi connectivity index (χ1n) is 5.29. The number of carbonyl (C=O) groups excluding carboxylic acids is 2. The maximum atomic E-state index is 11.6. The van der Waals surface area contributed by atoms with Gasteiger partial charge in [0.2, 0.25) is 0 Å². The minimum atomic E-state index is -0.834. The Bertz CT molecular complexity index is 604. The number of halogens is 1. The summed E-state index contributed by atoms with van der Waals surface area (Å²) in [6, 6.07) is 6.41. The molecule has 2 rings (SSSR count). The fourth-order valence-corrected chi connectivity index (χ4v) is 1.45. The third-order valence-corrected chi connectivity index (χ3v) is 2.43. The number of anilines is 2. The van der Waals surface area contributed by atoms with Crippen LogP contribution in [0, 0.1) is 0 Å². The molecule has 2 N–H and O–H groups in total. The number of hydrogen-bond acceptors (Lipinski definition) is 4. The van der Waals surface area contributed by atoms with Crippen LogP contribution in [0.3, 0.4) is 0 Å². The highest BCUT2D eigenvalue weighted by Gasteiger charge is 2.15. The molecule has 6 nitrogen and oxygen atoms in total. The van der Waals surface area contributed by atoms with E-state index in [0.29, 0.717) is 5.69 Å². The lowest BCUT2D eigenvalue weighted by molar-refractivity contribution is -0.133. The first-order valence-corrected chi connectivity index (χ1v) is 5.67. The summed E-state index contributed by atoms with van der Waals surface area (Å²) in [5, 5.41) is 4.88. The van der Waals surface area contributed by atoms with Gasteiger partial charge in [-0.05, 0) is 24.3 Å². The molecule has 2 amide bonds. The molecule has 0 spiro atoms. The van der Waals surface area contributed by atoms with Crippen LogP contribution in [0.4, 0.5) is 11.4 Å². The molecule has 0 aliphatic carbocycles. The largest absolute Gasteiger partial charge is 0.316 e. The summed E-state index contributed by atoms with van der Waals surface area (Å²) in [5.74, 6) is -1.65. The zero-order chi connectivity index (χ0) is 13.7. The zero-order valence-electron chi connectivity index (χ0n) is 9.63. The molecule has 0 aliphatic heterocycles. The molecule has 2 heterocycles. The third-order valence-electron chi connectivity index (χ3n) is 2.13. The Hall–Kier alpha value is -2.47. The van der Waals surface area contributed by atoms with Crippen molar-refractivity contribution >= 4 is 34.8 Å². The van der Waals surface area contributed by atoms with E-state index in [-0.39, 0.29) is 10.8 Å². The summed E-state index contributed by atoms with van der Waals surface area (Å²) in [6.45, 7) is 0. The number of pyridine rings is 2. The fourth-order valence-electron chi connectivity index (χ4n) is 1.28. The van der Waals surface area contributed by atoms with Crippen molar-refractivity contribution in [2.75, 3.05) is 10.6 Å². The Labute approximate surface area is 113 Å². The molecule has 0 unspecified atom stereocenters. The molecule has 19 heavy (non-hydrogen) atoms. The lowest BCUT2D eigenvalue weighted by Gasteiger charge is -2.06. The molecule has 96 valence electrons. The van der Waals surface area contributed by atoms with E-state index in [1.807, 2.05) is 0 Å². The topological polar surface area (TPSA) is 84.0 Å². The Kier molecular flexibility index (Phi) is 4.04. The number of aromatic nitrogens is 2. The van der Waals surface area contributed by atoms with Gasteiger partial charge in [0.15, 0.2) is 5.15 Å². The summed E-state index contributed by atoms with van der Waals surface area (Å²) in [4.78, 5) is 30.9. The average Bonchev–Trinajstić information content (AvgIpc) is 2.42. The van der Waals surface area contributed by atoms with Crippen molar-refractivity contribution in [3.05, 3.63) is 48.0 Å². The van der Waals surface area contributed by atoms with Gasteiger partial charge in [-0.15, -0.1) is 0 Å². The van der Waals surface area contributed by atoms with Gasteiger partial charge in [-0.25, -0.2) is 4.98 Å². The first kappa shape index (κ1) is 13.0. The van der Waals surface area contributed by atoms with Gasteiger partial charge in [0.05, 0.1) is 17.6 Å². The molecule has 7 heteroatoms. The smallest absolute Gasteiger partial charge is 0.314 e. The van der Waals surface area contributed by atoms with Crippen molar-refractivity contribution in [3.8, 4) is 0 Å². The van der Waals surface area contributed by atoms with Crippen LogP contribution >= 0.6 is 11.6 Å². The molecular formula is C12H9ClN4O2. The molecule has 0 aliphatic rings. The summed E-state index contributed by atoms with van der Waals surface area (Å²) < 4.78 is 0. The lowest BCUT2D eigenvalue weighted by atomic mass is 10.4. The van der Waals surface area contributed by atoms with Crippen LogP contribution in [0.1, 0.15) is 0 Å². The second-order valence-corrected chi connectivity index (χ2v) is 3.85. The molecule has 0 aromatic carbocycles. The van der Waals surface area contributed by atoms with Crippen LogP contribution in [0.5, 0.6) is 0 Å². The van der Waals surface area contributed by atoms with E-state index in [2.05, 4.69) is 20.6 Å². The van der Waals surface area contributed by atoms with Crippen LogP contribution in [-0.4, -0.2) is 21.8 Å². The number of nitrogens with one attached hydrogen (secondary N) is 2. The van der Waals surface area contributed by atoms with Crippen molar-refractivity contribution in [1.29, 1.82) is 0 Å². The van der Waals surface area contributed by atoms with E-state index in [0.717, 1.165) is 0 Å². The Morgan fingerprint density at radius 1 is 1.05 bits per heavy atom. The summed E-state index contributed by atoms with van der Waals surface area (Å²) in [5.41, 5.74) is 0.704. The van der Waals surface area contributed by atoms with Crippen LogP contribution in [0.15, 0.2) is 42.9 Å². The van der Waals surface area contributed by atoms with Gasteiger partial charge >= 0.3 is 11.8 Å². The molecule has 0 atom stereocenters. The highest BCUT2D eigenvalue weighted by atomic mass is 35.5. The monoisotopic (exact) mass is 276 g/mol. The Balaban J connectivity index is 2.01. The predicted molar refractivity (Wildman–Crippen MR) is 70.7 cm³/mol. The van der Waals surface area contributed by atoms with Gasteiger partial charge in [0.25, 0.3) is 0 Å².